The molecular formula is C26H32N4O10. The largest absolute Gasteiger partial charge is 0.481 e. The number of carbonyl (C=O) groups is 6. The molecule has 14 heteroatoms. The van der Waals surface area contributed by atoms with Gasteiger partial charge in [-0.05, 0) is 37.0 Å². The number of hydrogen-bond donors (Lipinski definition) is 6. The van der Waals surface area contributed by atoms with Gasteiger partial charge in [-0.2, -0.15) is 0 Å². The van der Waals surface area contributed by atoms with Crippen LogP contribution in [0.4, 0.5) is 5.69 Å². The van der Waals surface area contributed by atoms with Crippen molar-refractivity contribution in [3.8, 4) is 0 Å². The van der Waals surface area contributed by atoms with Crippen LogP contribution < -0.4 is 26.9 Å². The molecule has 0 aliphatic rings. The van der Waals surface area contributed by atoms with Gasteiger partial charge in [-0.25, -0.2) is 4.79 Å². The van der Waals surface area contributed by atoms with Crippen molar-refractivity contribution in [3.05, 3.63) is 40.2 Å². The average molecular weight is 561 g/mol. The Labute approximate surface area is 228 Å². The molecule has 0 fully saturated rings. The van der Waals surface area contributed by atoms with Crippen LogP contribution in [-0.4, -0.2) is 63.9 Å². The summed E-state index contributed by atoms with van der Waals surface area (Å²) in [7, 11) is 0. The summed E-state index contributed by atoms with van der Waals surface area (Å²) in [4.78, 5) is 84.5. The standard InChI is InChI=1S/C26H32N4O10/c1-12(2)23(30-24(37)17(27-14(4)31)7-8-20(32)33)26(39)29-18(11-21(34)35)25(38)28-15-5-6-16-13(3)9-22(36)40-19(16)10-15/h5-6,9-10,12,17-18,23H,7-8,11H2,1-4H3,(H,27,31)(H,28,38)(H,29,39)(H,30,37)(H,32,33)(H,34,35)/t17-,18-,23-/m0/s1. The predicted molar refractivity (Wildman–Crippen MR) is 141 cm³/mol. The minimum absolute atomic E-state index is 0.182. The van der Waals surface area contributed by atoms with Gasteiger partial charge in [-0.3, -0.25) is 28.8 Å². The summed E-state index contributed by atoms with van der Waals surface area (Å²) in [5.41, 5.74) is 0.447. The molecule has 0 unspecified atom stereocenters. The SMILES string of the molecule is CC(=O)N[C@@H](CCC(=O)O)C(=O)N[C@H](C(=O)N[C@@H](CC(=O)O)C(=O)Nc1ccc2c(C)cc(=O)oc2c1)C(C)C. The molecule has 4 amide bonds. The summed E-state index contributed by atoms with van der Waals surface area (Å²) in [6.07, 6.45) is -1.44. The number of nitrogens with one attached hydrogen (secondary N) is 4. The van der Waals surface area contributed by atoms with Crippen molar-refractivity contribution in [2.24, 2.45) is 5.92 Å². The van der Waals surface area contributed by atoms with Crippen molar-refractivity contribution >= 4 is 52.2 Å². The summed E-state index contributed by atoms with van der Waals surface area (Å²) in [5, 5.41) is 28.5. The molecule has 0 spiro atoms. The van der Waals surface area contributed by atoms with Crippen LogP contribution in [0.1, 0.15) is 45.6 Å². The summed E-state index contributed by atoms with van der Waals surface area (Å²) >= 11 is 0. The Balaban J connectivity index is 2.22. The maximum absolute atomic E-state index is 13.1. The fourth-order valence-corrected chi connectivity index (χ4v) is 3.85. The number of rotatable bonds is 13. The number of carbonyl (C=O) groups excluding carboxylic acids is 4. The lowest BCUT2D eigenvalue weighted by Crippen LogP contribution is -2.58. The van der Waals surface area contributed by atoms with Gasteiger partial charge in [-0.15, -0.1) is 0 Å². The van der Waals surface area contributed by atoms with E-state index in [0.29, 0.717) is 10.9 Å². The maximum atomic E-state index is 13.1. The molecule has 0 aliphatic carbocycles. The monoisotopic (exact) mass is 560 g/mol. The van der Waals surface area contributed by atoms with E-state index in [9.17, 15) is 38.7 Å². The Morgan fingerprint density at radius 2 is 1.55 bits per heavy atom. The fourth-order valence-electron chi connectivity index (χ4n) is 3.85. The second-order valence-corrected chi connectivity index (χ2v) is 9.52. The number of hydrogen-bond acceptors (Lipinski definition) is 8. The van der Waals surface area contributed by atoms with Crippen LogP contribution in [0.15, 0.2) is 33.5 Å². The molecule has 0 bridgehead atoms. The first-order valence-electron chi connectivity index (χ1n) is 12.3. The number of amides is 4. The van der Waals surface area contributed by atoms with Crippen LogP contribution in [-0.2, 0) is 28.8 Å². The first-order valence-corrected chi connectivity index (χ1v) is 12.3. The highest BCUT2D eigenvalue weighted by molar-refractivity contribution is 6.01. The summed E-state index contributed by atoms with van der Waals surface area (Å²) < 4.78 is 5.15. The number of fused-ring (bicyclic) bond motifs is 1. The molecule has 2 rings (SSSR count). The van der Waals surface area contributed by atoms with Crippen LogP contribution in [0.25, 0.3) is 11.0 Å². The van der Waals surface area contributed by atoms with E-state index >= 15 is 0 Å². The Morgan fingerprint density at radius 1 is 0.875 bits per heavy atom. The number of benzene rings is 1. The van der Waals surface area contributed by atoms with Gasteiger partial charge in [0.15, 0.2) is 0 Å². The smallest absolute Gasteiger partial charge is 0.336 e. The van der Waals surface area contributed by atoms with Crippen molar-refractivity contribution in [2.45, 2.75) is 65.1 Å². The molecule has 2 aromatic rings. The fraction of sp³-hybridized carbons (Fsp3) is 0.423. The molecule has 0 saturated heterocycles. The molecule has 1 aromatic carbocycles. The lowest BCUT2D eigenvalue weighted by molar-refractivity contribution is -0.141. The number of aryl methyl sites for hydroxylation is 1. The Hall–Kier alpha value is -4.75. The summed E-state index contributed by atoms with van der Waals surface area (Å²) in [6.45, 7) is 6.04. The third-order valence-corrected chi connectivity index (χ3v) is 5.82. The van der Waals surface area contributed by atoms with Gasteiger partial charge in [0.2, 0.25) is 23.6 Å². The molecule has 0 saturated carbocycles. The first-order chi connectivity index (χ1) is 18.7. The Morgan fingerprint density at radius 3 is 2.12 bits per heavy atom. The van der Waals surface area contributed by atoms with Crippen molar-refractivity contribution < 1.29 is 43.4 Å². The van der Waals surface area contributed by atoms with Crippen molar-refractivity contribution in [1.29, 1.82) is 0 Å². The van der Waals surface area contributed by atoms with E-state index in [0.717, 1.165) is 6.92 Å². The van der Waals surface area contributed by atoms with Gasteiger partial charge in [0.25, 0.3) is 0 Å². The highest BCUT2D eigenvalue weighted by Gasteiger charge is 2.32. The number of anilines is 1. The van der Waals surface area contributed by atoms with Gasteiger partial charge in [0.1, 0.15) is 23.7 Å². The summed E-state index contributed by atoms with van der Waals surface area (Å²) in [5.74, 6) is -6.27. The molecule has 0 radical (unpaired) electrons. The normalized spacial score (nSPS) is 13.1. The van der Waals surface area contributed by atoms with Gasteiger partial charge in [-0.1, -0.05) is 13.8 Å². The lowest BCUT2D eigenvalue weighted by Gasteiger charge is -2.26. The summed E-state index contributed by atoms with van der Waals surface area (Å²) in [6, 6.07) is 1.78. The predicted octanol–water partition coefficient (Wildman–Crippen LogP) is 0.510. The van der Waals surface area contributed by atoms with Gasteiger partial charge >= 0.3 is 17.6 Å². The molecule has 216 valence electrons. The van der Waals surface area contributed by atoms with Crippen LogP contribution >= 0.6 is 0 Å². The quantitative estimate of drug-likeness (QED) is 0.186. The van der Waals surface area contributed by atoms with Crippen LogP contribution in [0.3, 0.4) is 0 Å². The van der Waals surface area contributed by atoms with E-state index in [1.165, 1.54) is 18.2 Å². The minimum Gasteiger partial charge on any atom is -0.481 e. The molecular weight excluding hydrogens is 528 g/mol. The second-order valence-electron chi connectivity index (χ2n) is 9.52. The second kappa shape index (κ2) is 13.9. The van der Waals surface area contributed by atoms with E-state index in [1.54, 1.807) is 26.8 Å². The Bertz CT molecular complexity index is 1370. The lowest BCUT2D eigenvalue weighted by atomic mass is 10.0. The van der Waals surface area contributed by atoms with Crippen LogP contribution in [0.2, 0.25) is 0 Å². The maximum Gasteiger partial charge on any atom is 0.336 e. The van der Waals surface area contributed by atoms with Crippen molar-refractivity contribution in [2.75, 3.05) is 5.32 Å². The Kier molecular flexibility index (Phi) is 10.9. The van der Waals surface area contributed by atoms with E-state index in [2.05, 4.69) is 21.3 Å². The van der Waals surface area contributed by atoms with E-state index in [-0.39, 0.29) is 17.7 Å². The molecule has 14 nitrogen and oxygen atoms in total. The van der Waals surface area contributed by atoms with E-state index in [4.69, 9.17) is 9.52 Å². The first kappa shape index (κ1) is 31.5. The van der Waals surface area contributed by atoms with E-state index < -0.39 is 78.1 Å². The number of carboxylic acids is 2. The van der Waals surface area contributed by atoms with E-state index in [1.807, 2.05) is 0 Å². The average Bonchev–Trinajstić information content (AvgIpc) is 2.83. The zero-order chi connectivity index (χ0) is 30.1. The molecule has 1 heterocycles. The molecule has 3 atom stereocenters. The number of carboxylic acid groups (broad SMARTS) is 2. The minimum atomic E-state index is -1.55. The zero-order valence-electron chi connectivity index (χ0n) is 22.4. The van der Waals surface area contributed by atoms with Crippen molar-refractivity contribution in [3.63, 3.8) is 0 Å². The van der Waals surface area contributed by atoms with Gasteiger partial charge in [0, 0.05) is 36.6 Å². The third kappa shape index (κ3) is 9.22. The highest BCUT2D eigenvalue weighted by atomic mass is 16.4. The molecule has 0 aliphatic heterocycles. The third-order valence-electron chi connectivity index (χ3n) is 5.82. The van der Waals surface area contributed by atoms with Gasteiger partial charge < -0.3 is 35.9 Å². The zero-order valence-corrected chi connectivity index (χ0v) is 22.4. The van der Waals surface area contributed by atoms with Gasteiger partial charge in [0.05, 0.1) is 6.42 Å². The highest BCUT2D eigenvalue weighted by Crippen LogP contribution is 2.21. The van der Waals surface area contributed by atoms with Crippen molar-refractivity contribution in [1.82, 2.24) is 16.0 Å². The topological polar surface area (TPSA) is 221 Å². The molecule has 1 aromatic heterocycles. The van der Waals surface area contributed by atoms with Crippen LogP contribution in [0.5, 0.6) is 0 Å². The number of aliphatic carboxylic acids is 2. The van der Waals surface area contributed by atoms with Crippen LogP contribution in [0, 0.1) is 12.8 Å². The molecule has 6 N–H and O–H groups in total. The molecule has 40 heavy (non-hydrogen) atoms.